The SMILES string of the molecule is CN(NC(N)=O)C(=O)NNC(N)=O. The van der Waals surface area contributed by atoms with Crippen molar-refractivity contribution in [3.8, 4) is 0 Å². The monoisotopic (exact) mass is 190 g/mol. The average molecular weight is 190 g/mol. The number of hydrogen-bond acceptors (Lipinski definition) is 3. The van der Waals surface area contributed by atoms with Crippen LogP contribution in [0, 0.1) is 0 Å². The van der Waals surface area contributed by atoms with Gasteiger partial charge in [0.2, 0.25) is 0 Å². The zero-order valence-electron chi connectivity index (χ0n) is 6.83. The van der Waals surface area contributed by atoms with E-state index in [2.05, 4.69) is 5.73 Å². The number of amides is 6. The van der Waals surface area contributed by atoms with E-state index in [1.54, 1.807) is 5.43 Å². The number of hydrogen-bond donors (Lipinski definition) is 5. The molecule has 7 N–H and O–H groups in total. The van der Waals surface area contributed by atoms with Crippen LogP contribution in [0.3, 0.4) is 0 Å². The predicted molar refractivity (Wildman–Crippen MR) is 41.7 cm³/mol. The summed E-state index contributed by atoms with van der Waals surface area (Å²) in [6.45, 7) is 0. The van der Waals surface area contributed by atoms with Crippen molar-refractivity contribution < 1.29 is 14.4 Å². The fourth-order valence-electron chi connectivity index (χ4n) is 0.415. The van der Waals surface area contributed by atoms with E-state index in [0.29, 0.717) is 0 Å². The van der Waals surface area contributed by atoms with Crippen LogP contribution in [0.1, 0.15) is 0 Å². The van der Waals surface area contributed by atoms with Crippen LogP contribution < -0.4 is 27.7 Å². The summed E-state index contributed by atoms with van der Waals surface area (Å²) in [5.74, 6) is 0. The summed E-state index contributed by atoms with van der Waals surface area (Å²) in [6.07, 6.45) is 0. The maximum Gasteiger partial charge on any atom is 0.354 e. The van der Waals surface area contributed by atoms with Crippen LogP contribution in [0.4, 0.5) is 14.4 Å². The first-order valence-electron chi connectivity index (χ1n) is 3.08. The Morgan fingerprint density at radius 2 is 1.62 bits per heavy atom. The average Bonchev–Trinajstić information content (AvgIpc) is 1.98. The minimum atomic E-state index is -0.930. The van der Waals surface area contributed by atoms with Crippen LogP contribution >= 0.6 is 0 Å². The highest BCUT2D eigenvalue weighted by Gasteiger charge is 2.08. The Balaban J connectivity index is 3.82. The maximum absolute atomic E-state index is 10.9. The molecule has 0 bridgehead atoms. The van der Waals surface area contributed by atoms with Crippen LogP contribution in [0.15, 0.2) is 0 Å². The highest BCUT2D eigenvalue weighted by molar-refractivity contribution is 5.81. The van der Waals surface area contributed by atoms with Gasteiger partial charge in [0, 0.05) is 7.05 Å². The van der Waals surface area contributed by atoms with Gasteiger partial charge in [-0.2, -0.15) is 0 Å². The van der Waals surface area contributed by atoms with Crippen molar-refractivity contribution in [1.82, 2.24) is 21.3 Å². The summed E-state index contributed by atoms with van der Waals surface area (Å²) >= 11 is 0. The van der Waals surface area contributed by atoms with Gasteiger partial charge < -0.3 is 11.5 Å². The summed E-state index contributed by atoms with van der Waals surface area (Å²) < 4.78 is 0. The Hall–Kier alpha value is -2.19. The largest absolute Gasteiger partial charge is 0.354 e. The molecule has 0 fully saturated rings. The molecular formula is C4H10N6O3. The molecule has 0 aliphatic heterocycles. The minimum Gasteiger partial charge on any atom is -0.350 e. The van der Waals surface area contributed by atoms with Crippen molar-refractivity contribution in [2.24, 2.45) is 11.5 Å². The van der Waals surface area contributed by atoms with Gasteiger partial charge in [0.05, 0.1) is 0 Å². The molecule has 0 saturated heterocycles. The van der Waals surface area contributed by atoms with Crippen molar-refractivity contribution in [2.45, 2.75) is 0 Å². The van der Waals surface area contributed by atoms with Crippen LogP contribution in [-0.2, 0) is 0 Å². The Kier molecular flexibility index (Phi) is 3.86. The van der Waals surface area contributed by atoms with Crippen molar-refractivity contribution in [2.75, 3.05) is 7.05 Å². The Labute approximate surface area is 73.3 Å². The molecule has 0 aromatic heterocycles. The first-order chi connectivity index (χ1) is 5.93. The lowest BCUT2D eigenvalue weighted by molar-refractivity contribution is 0.180. The zero-order chi connectivity index (χ0) is 10.4. The van der Waals surface area contributed by atoms with Gasteiger partial charge in [-0.15, -0.1) is 0 Å². The second kappa shape index (κ2) is 4.64. The number of rotatable bonds is 0. The van der Waals surface area contributed by atoms with E-state index < -0.39 is 18.1 Å². The number of urea groups is 3. The number of nitrogens with two attached hydrogens (primary N) is 2. The van der Waals surface area contributed by atoms with Crippen LogP contribution in [-0.4, -0.2) is 30.1 Å². The molecule has 9 heteroatoms. The predicted octanol–water partition coefficient (Wildman–Crippen LogP) is -2.21. The van der Waals surface area contributed by atoms with E-state index in [1.807, 2.05) is 10.9 Å². The van der Waals surface area contributed by atoms with E-state index in [1.165, 1.54) is 7.05 Å². The molecule has 0 heterocycles. The number of nitrogens with zero attached hydrogens (tertiary/aromatic N) is 1. The van der Waals surface area contributed by atoms with Crippen LogP contribution in [0.5, 0.6) is 0 Å². The van der Waals surface area contributed by atoms with Crippen LogP contribution in [0.2, 0.25) is 0 Å². The third-order valence-electron chi connectivity index (χ3n) is 0.875. The quantitative estimate of drug-likeness (QED) is 0.276. The molecule has 13 heavy (non-hydrogen) atoms. The molecule has 74 valence electrons. The van der Waals surface area contributed by atoms with Gasteiger partial charge in [-0.1, -0.05) is 0 Å². The van der Waals surface area contributed by atoms with E-state index in [0.717, 1.165) is 5.01 Å². The van der Waals surface area contributed by atoms with Crippen molar-refractivity contribution >= 4 is 18.1 Å². The first-order valence-corrected chi connectivity index (χ1v) is 3.08. The lowest BCUT2D eigenvalue weighted by Gasteiger charge is -2.16. The molecule has 0 aromatic carbocycles. The normalized spacial score (nSPS) is 8.38. The smallest absolute Gasteiger partial charge is 0.350 e. The third-order valence-corrected chi connectivity index (χ3v) is 0.875. The van der Waals surface area contributed by atoms with E-state index >= 15 is 0 Å². The molecule has 0 rings (SSSR count). The fourth-order valence-corrected chi connectivity index (χ4v) is 0.415. The molecule has 0 atom stereocenters. The highest BCUT2D eigenvalue weighted by Crippen LogP contribution is 1.74. The summed E-state index contributed by atoms with van der Waals surface area (Å²) in [5.41, 5.74) is 15.0. The van der Waals surface area contributed by atoms with E-state index in [-0.39, 0.29) is 0 Å². The second-order valence-corrected chi connectivity index (χ2v) is 1.95. The standard InChI is InChI=1S/C4H10N6O3/c1-10(9-3(6)12)4(13)8-7-2(5)11/h1H3,(H,8,13)(H3,5,7,11)(H3,6,9,12). The Bertz CT molecular complexity index is 228. The molecule has 0 aliphatic carbocycles. The summed E-state index contributed by atoms with van der Waals surface area (Å²) in [7, 11) is 1.22. The Morgan fingerprint density at radius 1 is 1.08 bits per heavy atom. The summed E-state index contributed by atoms with van der Waals surface area (Å²) in [4.78, 5) is 31.2. The van der Waals surface area contributed by atoms with Gasteiger partial charge in [0.1, 0.15) is 0 Å². The molecule has 0 spiro atoms. The fraction of sp³-hybridized carbons (Fsp3) is 0.250. The van der Waals surface area contributed by atoms with E-state index in [9.17, 15) is 14.4 Å². The van der Waals surface area contributed by atoms with Crippen LogP contribution in [0.25, 0.3) is 0 Å². The lowest BCUT2D eigenvalue weighted by atomic mass is 10.9. The van der Waals surface area contributed by atoms with Crippen molar-refractivity contribution in [3.63, 3.8) is 0 Å². The molecular weight excluding hydrogens is 180 g/mol. The summed E-state index contributed by atoms with van der Waals surface area (Å²) in [6, 6.07) is -2.63. The van der Waals surface area contributed by atoms with Gasteiger partial charge >= 0.3 is 18.1 Å². The molecule has 6 amide bonds. The second-order valence-electron chi connectivity index (χ2n) is 1.95. The lowest BCUT2D eigenvalue weighted by Crippen LogP contribution is -2.55. The van der Waals surface area contributed by atoms with Crippen molar-refractivity contribution in [3.05, 3.63) is 0 Å². The van der Waals surface area contributed by atoms with Gasteiger partial charge in [0.25, 0.3) is 0 Å². The highest BCUT2D eigenvalue weighted by atomic mass is 16.2. The van der Waals surface area contributed by atoms with Gasteiger partial charge in [-0.05, 0) is 0 Å². The molecule has 0 saturated carbocycles. The number of primary amides is 2. The first kappa shape index (κ1) is 10.8. The molecule has 9 nitrogen and oxygen atoms in total. The zero-order valence-corrected chi connectivity index (χ0v) is 6.83. The topological polar surface area (TPSA) is 143 Å². The van der Waals surface area contributed by atoms with Crippen molar-refractivity contribution in [1.29, 1.82) is 0 Å². The number of nitrogens with one attached hydrogen (secondary N) is 3. The maximum atomic E-state index is 10.9. The van der Waals surface area contributed by atoms with Gasteiger partial charge in [-0.3, -0.25) is 0 Å². The summed E-state index contributed by atoms with van der Waals surface area (Å²) in [5, 5.41) is 0.734. The molecule has 0 unspecified atom stereocenters. The van der Waals surface area contributed by atoms with E-state index in [4.69, 9.17) is 5.73 Å². The molecule has 0 aromatic rings. The third kappa shape index (κ3) is 5.12. The molecule has 0 radical (unpaired) electrons. The number of carbonyl (C=O) groups excluding carboxylic acids is 3. The molecule has 0 aliphatic rings. The minimum absolute atomic E-state index is 0.734. The van der Waals surface area contributed by atoms with Gasteiger partial charge in [-0.25, -0.2) is 35.7 Å². The number of carbonyl (C=O) groups is 3. The Morgan fingerprint density at radius 3 is 2.00 bits per heavy atom. The van der Waals surface area contributed by atoms with Gasteiger partial charge in [0.15, 0.2) is 0 Å². The number of hydrazine groups is 2.